The summed E-state index contributed by atoms with van der Waals surface area (Å²) in [4.78, 5) is 151. The number of alkyl carbamates (subject to hydrolysis) is 1. The Morgan fingerprint density at radius 2 is 1.63 bits per heavy atom. The summed E-state index contributed by atoms with van der Waals surface area (Å²) in [6, 6.07) is 0.158. The van der Waals surface area contributed by atoms with E-state index in [1.165, 1.54) is 33.1 Å². The average molecular weight is 1320 g/mol. The first kappa shape index (κ1) is 72.7. The molecule has 27 nitrogen and oxygen atoms in total. The standard InChI is InChI=1S/C61H79ClF3N9O18/c1-31(2)51(70-45(75)18-11-12-19-49(79)92-74-46(76)22-23-47(74)77)54(81)69-39(16-14-24-67-57(66)84)53(80)68-38-21-20-36(28-37(38)61(63,64)65)55(82)72(7)34(5)56(83)90-44-29-48(78)73(8)40-26-35(27-41(87-9)50(40)62)25-32(3)15-13-17-43(88-10)60(86)30-42(89-58(85)71-60)33(4)52-59(44,6)91-52/h13,15,17,20-21,26-28,31,33-34,39,42-44,51-52,86H,11-12,14,16,18-19,22-25,29-30H2,1-10H3,(H,68,80)(H,69,81)(H,70,75)(H,71,85)(H3,66,67,84)/b17-13+,32-15+/t33-,34+,39+,42+,43-,44+,51+,52+,59+,60+/m1/s1. The molecule has 3 saturated heterocycles. The van der Waals surface area contributed by atoms with Gasteiger partial charge < -0.3 is 70.4 Å². The average Bonchev–Trinajstić information content (AvgIpc) is 1.56. The van der Waals surface area contributed by atoms with Crippen molar-refractivity contribution in [2.45, 2.75) is 172 Å². The third kappa shape index (κ3) is 18.2. The lowest BCUT2D eigenvalue weighted by molar-refractivity contribution is -0.197. The predicted molar refractivity (Wildman–Crippen MR) is 322 cm³/mol. The fraction of sp³-hybridized carbons (Fsp3) is 0.557. The number of ether oxygens (including phenoxy) is 5. The van der Waals surface area contributed by atoms with E-state index >= 15 is 13.2 Å². The van der Waals surface area contributed by atoms with Gasteiger partial charge in [0.2, 0.25) is 23.6 Å². The number of methoxy groups -OCH3 is 2. The fourth-order valence-corrected chi connectivity index (χ4v) is 11.1. The van der Waals surface area contributed by atoms with E-state index in [0.717, 1.165) is 29.7 Å². The van der Waals surface area contributed by atoms with Crippen LogP contribution in [0.5, 0.6) is 5.75 Å². The second kappa shape index (κ2) is 30.8. The van der Waals surface area contributed by atoms with Crippen molar-refractivity contribution in [1.29, 1.82) is 0 Å². The number of primary amides is 1. The summed E-state index contributed by atoms with van der Waals surface area (Å²) in [5, 5.41) is 24.4. The molecule has 0 aliphatic carbocycles. The molecule has 8 N–H and O–H groups in total. The summed E-state index contributed by atoms with van der Waals surface area (Å²) in [5.41, 5.74) is 0.414. The summed E-state index contributed by atoms with van der Waals surface area (Å²) < 4.78 is 74.5. The van der Waals surface area contributed by atoms with Gasteiger partial charge in [0.25, 0.3) is 17.7 Å². The Labute approximate surface area is 533 Å². The number of nitrogens with zero attached hydrogens (tertiary/aromatic N) is 3. The smallest absolute Gasteiger partial charge is 0.418 e. The molecule has 0 saturated carbocycles. The maximum atomic E-state index is 15.1. The molecule has 0 radical (unpaired) electrons. The number of hydrogen-bond donors (Lipinski definition) is 7. The van der Waals surface area contributed by atoms with E-state index < -0.39 is 161 Å². The second-order valence-electron chi connectivity index (χ2n) is 23.6. The number of aliphatic hydroxyl groups is 1. The topological polar surface area (TPSA) is 363 Å². The number of hydrogen-bond acceptors (Lipinski definition) is 18. The number of nitrogens with two attached hydrogens (primary N) is 1. The van der Waals surface area contributed by atoms with Crippen LogP contribution >= 0.6 is 11.6 Å². The number of epoxide rings is 1. The molecule has 4 aliphatic rings. The first-order valence-corrected chi connectivity index (χ1v) is 30.1. The minimum atomic E-state index is -5.25. The lowest BCUT2D eigenvalue weighted by Crippen LogP contribution is -2.63. The van der Waals surface area contributed by atoms with Crippen LogP contribution in [0, 0.1) is 11.8 Å². The number of nitrogens with one attached hydrogen (secondary N) is 5. The molecule has 4 aliphatic heterocycles. The number of imide groups is 1. The molecule has 504 valence electrons. The zero-order chi connectivity index (χ0) is 68.3. The molecule has 4 heterocycles. The van der Waals surface area contributed by atoms with Crippen molar-refractivity contribution in [2.75, 3.05) is 45.1 Å². The van der Waals surface area contributed by atoms with Crippen LogP contribution in [0.4, 0.5) is 34.1 Å². The number of fused-ring (bicyclic) bond motifs is 5. The van der Waals surface area contributed by atoms with Gasteiger partial charge in [-0.25, -0.2) is 19.2 Å². The Bertz CT molecular complexity index is 3220. The number of alkyl halides is 3. The zero-order valence-electron chi connectivity index (χ0n) is 52.6. The van der Waals surface area contributed by atoms with Crippen molar-refractivity contribution < 1.29 is 99.5 Å². The van der Waals surface area contributed by atoms with Gasteiger partial charge in [-0.05, 0) is 94.7 Å². The van der Waals surface area contributed by atoms with Gasteiger partial charge in [-0.3, -0.25) is 38.9 Å². The number of amides is 10. The van der Waals surface area contributed by atoms with Crippen LogP contribution in [0.1, 0.15) is 127 Å². The molecule has 2 aromatic carbocycles. The van der Waals surface area contributed by atoms with Gasteiger partial charge in [0.15, 0.2) is 5.72 Å². The molecule has 0 spiro atoms. The zero-order valence-corrected chi connectivity index (χ0v) is 53.4. The van der Waals surface area contributed by atoms with Crippen LogP contribution in [-0.2, 0) is 74.7 Å². The van der Waals surface area contributed by atoms with Crippen LogP contribution in [0.3, 0.4) is 0 Å². The Morgan fingerprint density at radius 3 is 2.26 bits per heavy atom. The van der Waals surface area contributed by atoms with Gasteiger partial charge in [-0.2, -0.15) is 13.2 Å². The van der Waals surface area contributed by atoms with Gasteiger partial charge >= 0.3 is 30.2 Å². The van der Waals surface area contributed by atoms with Gasteiger partial charge in [0.05, 0.1) is 36.6 Å². The quantitative estimate of drug-likeness (QED) is 0.0352. The van der Waals surface area contributed by atoms with E-state index in [2.05, 4.69) is 26.6 Å². The highest BCUT2D eigenvalue weighted by Crippen LogP contribution is 2.49. The minimum Gasteiger partial charge on any atom is -0.495 e. The minimum absolute atomic E-state index is 0.0411. The number of anilines is 2. The van der Waals surface area contributed by atoms with Gasteiger partial charge in [0, 0.05) is 71.3 Å². The van der Waals surface area contributed by atoms with Crippen molar-refractivity contribution in [1.82, 2.24) is 31.2 Å². The Balaban J connectivity index is 1.20. The molecular formula is C61H79ClF3N9O18. The highest BCUT2D eigenvalue weighted by atomic mass is 35.5. The number of urea groups is 1. The lowest BCUT2D eigenvalue weighted by atomic mass is 9.83. The van der Waals surface area contributed by atoms with Crippen LogP contribution in [-0.4, -0.2) is 169 Å². The van der Waals surface area contributed by atoms with Crippen molar-refractivity contribution in [2.24, 2.45) is 17.6 Å². The first-order valence-electron chi connectivity index (χ1n) is 29.7. The Kier molecular flexibility index (Phi) is 24.4. The molecule has 92 heavy (non-hydrogen) atoms. The molecule has 6 rings (SSSR count). The normalized spacial score (nSPS) is 24.5. The number of allylic oxidation sites excluding steroid dienone is 3. The van der Waals surface area contributed by atoms with Gasteiger partial charge in [-0.1, -0.05) is 56.2 Å². The molecule has 3 fully saturated rings. The number of halogens is 4. The van der Waals surface area contributed by atoms with Crippen molar-refractivity contribution in [3.63, 3.8) is 0 Å². The summed E-state index contributed by atoms with van der Waals surface area (Å²) >= 11 is 6.81. The number of carbonyl (C=O) groups excluding carboxylic acids is 11. The molecule has 0 unspecified atom stereocenters. The molecule has 10 amide bonds. The second-order valence-corrected chi connectivity index (χ2v) is 24.0. The van der Waals surface area contributed by atoms with Crippen molar-refractivity contribution in [3.8, 4) is 5.75 Å². The maximum absolute atomic E-state index is 15.1. The first-order chi connectivity index (χ1) is 43.1. The van der Waals surface area contributed by atoms with E-state index in [1.54, 1.807) is 58.1 Å². The van der Waals surface area contributed by atoms with Crippen LogP contribution in [0.2, 0.25) is 5.02 Å². The number of carbonyl (C=O) groups is 11. The molecule has 0 aromatic heterocycles. The number of unbranched alkanes of at least 4 members (excludes halogenated alkanes) is 1. The van der Waals surface area contributed by atoms with Crippen molar-refractivity contribution >= 4 is 88.4 Å². The summed E-state index contributed by atoms with van der Waals surface area (Å²) in [6.07, 6.45) is -6.95. The van der Waals surface area contributed by atoms with E-state index in [-0.39, 0.29) is 80.8 Å². The maximum Gasteiger partial charge on any atom is 0.418 e. The fourth-order valence-electron chi connectivity index (χ4n) is 10.8. The molecule has 2 aromatic rings. The summed E-state index contributed by atoms with van der Waals surface area (Å²) in [6.45, 7) is 9.30. The summed E-state index contributed by atoms with van der Waals surface area (Å²) in [5.74, 6) is -8.97. The van der Waals surface area contributed by atoms with Crippen LogP contribution in [0.15, 0.2) is 54.1 Å². The number of hydroxylamine groups is 2. The molecule has 31 heteroatoms. The van der Waals surface area contributed by atoms with Crippen LogP contribution < -0.4 is 42.0 Å². The Morgan fingerprint density at radius 1 is 0.957 bits per heavy atom. The number of rotatable bonds is 22. The largest absolute Gasteiger partial charge is 0.495 e. The van der Waals surface area contributed by atoms with Gasteiger partial charge in [-0.15, -0.1) is 5.06 Å². The molecular weight excluding hydrogens is 1240 g/mol. The SMILES string of the molecule is COc1cc2cc(c1Cl)N(C)C(=O)C[C@H](OC(=O)[C@H](C)N(C)C(=O)c1ccc(NC(=O)[C@H](CCCNC(N)=O)NC(=O)[C@@H](NC(=O)CCCCC(=O)ON3C(=O)CCC3=O)C(C)C)c(C(F)(F)F)c1)[C@]1(C)O[C@H]1[C@H](C)[C@@H]1C[C@@](O)(NC(=O)O1)[C@H](OC)/C=C/C=C(\C)C2. The third-order valence-electron chi connectivity index (χ3n) is 16.4. The highest BCUT2D eigenvalue weighted by Gasteiger charge is 2.64. The van der Waals surface area contributed by atoms with Gasteiger partial charge in [0.1, 0.15) is 52.8 Å². The Hall–Kier alpha value is -8.35. The van der Waals surface area contributed by atoms with E-state index in [4.69, 9.17) is 45.9 Å². The van der Waals surface area contributed by atoms with E-state index in [1.807, 2.05) is 6.92 Å². The highest BCUT2D eigenvalue weighted by molar-refractivity contribution is 6.35. The summed E-state index contributed by atoms with van der Waals surface area (Å²) in [7, 11) is 5.31. The van der Waals surface area contributed by atoms with E-state index in [0.29, 0.717) is 23.1 Å². The lowest BCUT2D eigenvalue weighted by Gasteiger charge is -2.42. The monoisotopic (exact) mass is 1320 g/mol. The number of likely N-dealkylation sites (N-methyl/N-ethyl adjacent to an activating group) is 1. The molecule has 4 bridgehead atoms. The van der Waals surface area contributed by atoms with E-state index in [9.17, 15) is 57.8 Å². The van der Waals surface area contributed by atoms with Crippen LogP contribution in [0.25, 0.3) is 0 Å². The molecule has 10 atom stereocenters. The number of benzene rings is 2. The third-order valence-corrected chi connectivity index (χ3v) is 16.8. The number of esters is 1. The van der Waals surface area contributed by atoms with Crippen molar-refractivity contribution in [3.05, 3.63) is 75.8 Å². The predicted octanol–water partition coefficient (Wildman–Crippen LogP) is 5.03.